The maximum atomic E-state index is 10.5. The maximum absolute atomic E-state index is 10.5. The van der Waals surface area contributed by atoms with Crippen LogP contribution in [0.2, 0.25) is 0 Å². The van der Waals surface area contributed by atoms with E-state index in [2.05, 4.69) is 5.32 Å². The van der Waals surface area contributed by atoms with E-state index in [1.54, 1.807) is 0 Å². The van der Waals surface area contributed by atoms with Crippen LogP contribution in [0.25, 0.3) is 0 Å². The summed E-state index contributed by atoms with van der Waals surface area (Å²) in [6.07, 6.45) is -0.457. The molecule has 0 aromatic carbocycles. The first-order valence-corrected chi connectivity index (χ1v) is 3.83. The van der Waals surface area contributed by atoms with Crippen LogP contribution in [-0.2, 0) is 14.4 Å². The number of carboxylic acids is 3. The molecule has 0 rings (SSSR count). The summed E-state index contributed by atoms with van der Waals surface area (Å²) in [6, 6.07) is -1.14. The first kappa shape index (κ1) is 32.4. The van der Waals surface area contributed by atoms with Crippen molar-refractivity contribution < 1.29 is 154 Å². The van der Waals surface area contributed by atoms with Crippen LogP contribution in [0.3, 0.4) is 0 Å². The van der Waals surface area contributed by atoms with Crippen molar-refractivity contribution in [3.63, 3.8) is 0 Å². The zero-order valence-electron chi connectivity index (χ0n) is 15.3. The maximum Gasteiger partial charge on any atom is 1.00 e. The van der Waals surface area contributed by atoms with Gasteiger partial charge in [-0.15, -0.1) is 0 Å². The van der Waals surface area contributed by atoms with E-state index >= 15 is 0 Å². The summed E-state index contributed by atoms with van der Waals surface area (Å²) < 4.78 is 0. The van der Waals surface area contributed by atoms with E-state index in [0.29, 0.717) is 0 Å². The first-order valence-electron chi connectivity index (χ1n) is 3.83. The number of carboxylic acid groups (broad SMARTS) is 3. The molecule has 0 saturated heterocycles. The third kappa shape index (κ3) is 20.7. The molecule has 11 heteroatoms. The molecular formula is C7H15NNa4O6. The van der Waals surface area contributed by atoms with Gasteiger partial charge in [-0.3, -0.25) is 19.7 Å². The number of hydrogen-bond donors (Lipinski definition) is 4. The van der Waals surface area contributed by atoms with Crippen LogP contribution < -0.4 is 124 Å². The van der Waals surface area contributed by atoms with Gasteiger partial charge in [0.1, 0.15) is 6.04 Å². The van der Waals surface area contributed by atoms with Crippen molar-refractivity contribution in [1.82, 2.24) is 5.32 Å². The molecule has 0 bridgehead atoms. The van der Waals surface area contributed by atoms with Crippen LogP contribution in [0.4, 0.5) is 0 Å². The van der Waals surface area contributed by atoms with Crippen molar-refractivity contribution in [1.29, 1.82) is 0 Å². The molecule has 0 heterocycles. The van der Waals surface area contributed by atoms with Gasteiger partial charge in [-0.2, -0.15) is 0 Å². The summed E-state index contributed by atoms with van der Waals surface area (Å²) in [7, 11) is 0. The van der Waals surface area contributed by atoms with Crippen molar-refractivity contribution in [3.05, 3.63) is 0 Å². The number of aliphatic carboxylic acids is 3. The molecule has 7 nitrogen and oxygen atoms in total. The van der Waals surface area contributed by atoms with Gasteiger partial charge in [0.15, 0.2) is 0 Å². The molecule has 0 aromatic rings. The molecule has 0 aromatic heterocycles. The van der Waals surface area contributed by atoms with Gasteiger partial charge < -0.3 is 21.0 Å². The predicted octanol–water partition coefficient (Wildman–Crippen LogP) is -12.6. The van der Waals surface area contributed by atoms with Gasteiger partial charge in [-0.1, -0.05) is 0 Å². The Morgan fingerprint density at radius 3 is 1.67 bits per heavy atom. The first-order chi connectivity index (χ1) is 6.43. The predicted molar refractivity (Wildman–Crippen MR) is 48.4 cm³/mol. The SMILES string of the molecule is O=C(O)CCC(NCC(=O)O)C(=O)O.[H-].[H-].[H-].[H-].[Na+].[Na+].[Na+].[Na+]. The van der Waals surface area contributed by atoms with Crippen molar-refractivity contribution in [2.24, 2.45) is 0 Å². The summed E-state index contributed by atoms with van der Waals surface area (Å²) in [4.78, 5) is 30.7. The molecule has 18 heavy (non-hydrogen) atoms. The molecule has 0 fully saturated rings. The topological polar surface area (TPSA) is 124 Å². The number of carbonyl (C=O) groups is 3. The molecule has 0 aliphatic carbocycles. The number of nitrogens with one attached hydrogen (secondary N) is 1. The quantitative estimate of drug-likeness (QED) is 0.344. The van der Waals surface area contributed by atoms with E-state index in [0.717, 1.165) is 0 Å². The minimum atomic E-state index is -1.26. The fourth-order valence-electron chi connectivity index (χ4n) is 0.791. The van der Waals surface area contributed by atoms with Crippen molar-refractivity contribution >= 4 is 17.9 Å². The standard InChI is InChI=1S/C7H11NO6.4Na.4H/c9-5(10)2-1-4(7(13)14)8-3-6(11)12;;;;;;;;/h4,8H,1-3H2,(H,9,10)(H,11,12)(H,13,14);;;;;;;;/q;4*+1;4*-1. The smallest absolute Gasteiger partial charge is 1.00 e. The van der Waals surface area contributed by atoms with E-state index in [1.807, 2.05) is 0 Å². The largest absolute Gasteiger partial charge is 1.00 e. The van der Waals surface area contributed by atoms with Crippen LogP contribution >= 0.6 is 0 Å². The fraction of sp³-hybridized carbons (Fsp3) is 0.571. The second-order valence-electron chi connectivity index (χ2n) is 2.60. The van der Waals surface area contributed by atoms with Gasteiger partial charge in [0, 0.05) is 6.42 Å². The molecule has 4 N–H and O–H groups in total. The molecule has 0 aliphatic heterocycles. The van der Waals surface area contributed by atoms with Crippen LogP contribution in [-0.4, -0.2) is 45.8 Å². The third-order valence-electron chi connectivity index (χ3n) is 1.44. The fourth-order valence-corrected chi connectivity index (χ4v) is 0.791. The summed E-state index contributed by atoms with van der Waals surface area (Å²) in [5.74, 6) is -3.56. The minimum absolute atomic E-state index is 0. The average Bonchev–Trinajstić information content (AvgIpc) is 2.02. The number of rotatable bonds is 7. The van der Waals surface area contributed by atoms with Crippen molar-refractivity contribution in [2.75, 3.05) is 6.54 Å². The Morgan fingerprint density at radius 2 is 1.39 bits per heavy atom. The molecule has 0 saturated carbocycles. The number of hydrogen-bond acceptors (Lipinski definition) is 4. The Hall–Kier alpha value is 2.37. The third-order valence-corrected chi connectivity index (χ3v) is 1.44. The zero-order valence-corrected chi connectivity index (χ0v) is 19.3. The van der Waals surface area contributed by atoms with Crippen molar-refractivity contribution in [3.8, 4) is 0 Å². The van der Waals surface area contributed by atoms with Crippen LogP contribution in [0.15, 0.2) is 0 Å². The summed E-state index contributed by atoms with van der Waals surface area (Å²) >= 11 is 0. The molecule has 1 atom stereocenters. The molecular weight excluding hydrogens is 286 g/mol. The summed E-state index contributed by atoms with van der Waals surface area (Å²) in [5.41, 5.74) is 0. The van der Waals surface area contributed by atoms with Crippen LogP contribution in [0.5, 0.6) is 0 Å². The van der Waals surface area contributed by atoms with E-state index in [1.165, 1.54) is 0 Å². The normalized spacial score (nSPS) is 9.33. The molecule has 1 unspecified atom stereocenters. The van der Waals surface area contributed by atoms with Gasteiger partial charge in [0.05, 0.1) is 6.54 Å². The molecule has 0 aliphatic rings. The summed E-state index contributed by atoms with van der Waals surface area (Å²) in [6.45, 7) is -0.503. The molecule has 0 amide bonds. The zero-order chi connectivity index (χ0) is 11.1. The van der Waals surface area contributed by atoms with Crippen molar-refractivity contribution in [2.45, 2.75) is 18.9 Å². The van der Waals surface area contributed by atoms with Crippen LogP contribution in [0.1, 0.15) is 18.5 Å². The Bertz CT molecular complexity index is 249. The van der Waals surface area contributed by atoms with E-state index < -0.39 is 30.5 Å². The monoisotopic (exact) mass is 301 g/mol. The van der Waals surface area contributed by atoms with Gasteiger partial charge >= 0.3 is 136 Å². The molecule has 0 radical (unpaired) electrons. The molecule has 0 spiro atoms. The second-order valence-corrected chi connectivity index (χ2v) is 2.60. The van der Waals surface area contributed by atoms with E-state index in [9.17, 15) is 14.4 Å². The van der Waals surface area contributed by atoms with E-state index in [-0.39, 0.29) is 137 Å². The van der Waals surface area contributed by atoms with Crippen LogP contribution in [0, 0.1) is 0 Å². The Labute approximate surface area is 199 Å². The van der Waals surface area contributed by atoms with Gasteiger partial charge in [-0.25, -0.2) is 0 Å². The summed E-state index contributed by atoms with van der Waals surface area (Å²) in [5, 5.41) is 27.3. The average molecular weight is 301 g/mol. The molecule has 88 valence electrons. The Balaban J connectivity index is -0.0000000302. The Kier molecular flexibility index (Phi) is 34.8. The van der Waals surface area contributed by atoms with Gasteiger partial charge in [-0.05, 0) is 6.42 Å². The minimum Gasteiger partial charge on any atom is -1.00 e. The second kappa shape index (κ2) is 19.4. The van der Waals surface area contributed by atoms with Gasteiger partial charge in [0.2, 0.25) is 0 Å². The van der Waals surface area contributed by atoms with E-state index in [4.69, 9.17) is 15.3 Å². The van der Waals surface area contributed by atoms with Gasteiger partial charge in [0.25, 0.3) is 0 Å². The Morgan fingerprint density at radius 1 is 0.944 bits per heavy atom.